The summed E-state index contributed by atoms with van der Waals surface area (Å²) in [5.41, 5.74) is 7.53. The van der Waals surface area contributed by atoms with Crippen molar-refractivity contribution in [3.05, 3.63) is 54.6 Å². The van der Waals surface area contributed by atoms with Gasteiger partial charge < -0.3 is 15.8 Å². The highest BCUT2D eigenvalue weighted by Crippen LogP contribution is 2.12. The maximum atomic E-state index is 5.70. The molecule has 0 atom stereocenters. The molecule has 18 heavy (non-hydrogen) atoms. The maximum absolute atomic E-state index is 5.70. The number of benzene rings is 2. The lowest BCUT2D eigenvalue weighted by Crippen LogP contribution is -2.07. The molecule has 0 radical (unpaired) electrons. The number of rotatable bonds is 6. The second-order valence-electron chi connectivity index (χ2n) is 4.07. The predicted octanol–water partition coefficient (Wildman–Crippen LogP) is 3.15. The van der Waals surface area contributed by atoms with Gasteiger partial charge in [0.05, 0.1) is 6.61 Å². The number of hydrogen-bond donors (Lipinski definition) is 2. The van der Waals surface area contributed by atoms with Crippen LogP contribution in [0.1, 0.15) is 6.42 Å². The summed E-state index contributed by atoms with van der Waals surface area (Å²) in [6, 6.07) is 17.6. The van der Waals surface area contributed by atoms with Crippen LogP contribution in [0.15, 0.2) is 54.6 Å². The Morgan fingerprint density at radius 2 is 1.83 bits per heavy atom. The summed E-state index contributed by atoms with van der Waals surface area (Å²) < 4.78 is 5.60. The first-order valence-corrected chi connectivity index (χ1v) is 6.12. The van der Waals surface area contributed by atoms with Crippen LogP contribution in [0.25, 0.3) is 0 Å². The van der Waals surface area contributed by atoms with Crippen LogP contribution in [0.4, 0.5) is 11.4 Å². The van der Waals surface area contributed by atoms with Gasteiger partial charge in [-0.3, -0.25) is 0 Å². The van der Waals surface area contributed by atoms with E-state index >= 15 is 0 Å². The van der Waals surface area contributed by atoms with E-state index in [0.29, 0.717) is 6.61 Å². The number of nitrogen functional groups attached to an aromatic ring is 1. The summed E-state index contributed by atoms with van der Waals surface area (Å²) in [5, 5.41) is 3.31. The zero-order chi connectivity index (χ0) is 12.6. The Hall–Kier alpha value is -2.16. The number of anilines is 2. The quantitative estimate of drug-likeness (QED) is 0.604. The molecule has 0 aliphatic heterocycles. The van der Waals surface area contributed by atoms with Crippen LogP contribution >= 0.6 is 0 Å². The topological polar surface area (TPSA) is 47.3 Å². The normalized spacial score (nSPS) is 10.0. The van der Waals surface area contributed by atoms with Gasteiger partial charge in [-0.25, -0.2) is 0 Å². The van der Waals surface area contributed by atoms with Crippen LogP contribution in [-0.4, -0.2) is 13.2 Å². The minimum Gasteiger partial charge on any atom is -0.494 e. The molecule has 3 heteroatoms. The molecule has 0 saturated heterocycles. The van der Waals surface area contributed by atoms with Gasteiger partial charge in [-0.1, -0.05) is 24.3 Å². The smallest absolute Gasteiger partial charge is 0.119 e. The first-order chi connectivity index (χ1) is 8.84. The fraction of sp³-hybridized carbons (Fsp3) is 0.200. The third kappa shape index (κ3) is 4.01. The summed E-state index contributed by atoms with van der Waals surface area (Å²) in [4.78, 5) is 0. The van der Waals surface area contributed by atoms with E-state index in [1.165, 1.54) is 0 Å². The van der Waals surface area contributed by atoms with Crippen molar-refractivity contribution >= 4 is 11.4 Å². The highest BCUT2D eigenvalue weighted by atomic mass is 16.5. The van der Waals surface area contributed by atoms with Crippen molar-refractivity contribution in [3.63, 3.8) is 0 Å². The van der Waals surface area contributed by atoms with E-state index in [1.807, 2.05) is 54.6 Å². The summed E-state index contributed by atoms with van der Waals surface area (Å²) in [7, 11) is 0. The van der Waals surface area contributed by atoms with Gasteiger partial charge in [0.2, 0.25) is 0 Å². The number of nitrogens with two attached hydrogens (primary N) is 1. The molecule has 3 N–H and O–H groups in total. The monoisotopic (exact) mass is 242 g/mol. The van der Waals surface area contributed by atoms with Gasteiger partial charge in [-0.2, -0.15) is 0 Å². The molecule has 0 amide bonds. The molecular weight excluding hydrogens is 224 g/mol. The Kier molecular flexibility index (Phi) is 4.47. The molecule has 0 spiro atoms. The molecule has 3 nitrogen and oxygen atoms in total. The van der Waals surface area contributed by atoms with Gasteiger partial charge in [0, 0.05) is 17.9 Å². The van der Waals surface area contributed by atoms with Crippen LogP contribution < -0.4 is 15.8 Å². The Morgan fingerprint density at radius 1 is 1.00 bits per heavy atom. The molecule has 0 heterocycles. The van der Waals surface area contributed by atoms with E-state index in [9.17, 15) is 0 Å². The summed E-state index contributed by atoms with van der Waals surface area (Å²) in [5.74, 6) is 0.918. The van der Waals surface area contributed by atoms with E-state index in [-0.39, 0.29) is 0 Å². The number of para-hydroxylation sites is 1. The van der Waals surface area contributed by atoms with Crippen molar-refractivity contribution in [2.24, 2.45) is 0 Å². The van der Waals surface area contributed by atoms with E-state index in [2.05, 4.69) is 5.32 Å². The predicted molar refractivity (Wildman–Crippen MR) is 75.9 cm³/mol. The van der Waals surface area contributed by atoms with Gasteiger partial charge in [0.1, 0.15) is 5.75 Å². The summed E-state index contributed by atoms with van der Waals surface area (Å²) >= 11 is 0. The van der Waals surface area contributed by atoms with Crippen molar-refractivity contribution in [1.82, 2.24) is 0 Å². The van der Waals surface area contributed by atoms with Crippen LogP contribution in [-0.2, 0) is 0 Å². The molecule has 0 aliphatic rings. The van der Waals surface area contributed by atoms with Gasteiger partial charge in [0.15, 0.2) is 0 Å². The molecule has 2 aromatic rings. The minimum absolute atomic E-state index is 0.708. The van der Waals surface area contributed by atoms with Gasteiger partial charge in [0.25, 0.3) is 0 Å². The molecule has 0 unspecified atom stereocenters. The van der Waals surface area contributed by atoms with Crippen molar-refractivity contribution in [2.75, 3.05) is 24.2 Å². The molecule has 0 fully saturated rings. The molecule has 0 aromatic heterocycles. The largest absolute Gasteiger partial charge is 0.494 e. The molecule has 0 aliphatic carbocycles. The lowest BCUT2D eigenvalue weighted by molar-refractivity contribution is 0.315. The Bertz CT molecular complexity index is 471. The first-order valence-electron chi connectivity index (χ1n) is 6.12. The van der Waals surface area contributed by atoms with Gasteiger partial charge in [-0.05, 0) is 36.8 Å². The lowest BCUT2D eigenvalue weighted by atomic mass is 10.3. The number of nitrogens with one attached hydrogen (secondary N) is 1. The van der Waals surface area contributed by atoms with Gasteiger partial charge >= 0.3 is 0 Å². The minimum atomic E-state index is 0.708. The van der Waals surface area contributed by atoms with E-state index < -0.39 is 0 Å². The highest BCUT2D eigenvalue weighted by Gasteiger charge is 1.94. The summed E-state index contributed by atoms with van der Waals surface area (Å²) in [6.45, 7) is 1.58. The highest BCUT2D eigenvalue weighted by molar-refractivity contribution is 5.53. The Balaban J connectivity index is 1.65. The third-order valence-electron chi connectivity index (χ3n) is 2.55. The lowest BCUT2D eigenvalue weighted by Gasteiger charge is -2.08. The van der Waals surface area contributed by atoms with Crippen molar-refractivity contribution < 1.29 is 4.74 Å². The second-order valence-corrected chi connectivity index (χ2v) is 4.07. The standard InChI is InChI=1S/C15H18N2O/c16-13-6-4-7-14(12-13)17-10-5-11-18-15-8-2-1-3-9-15/h1-4,6-9,12,17H,5,10-11,16H2. The number of hydrogen-bond acceptors (Lipinski definition) is 3. The maximum Gasteiger partial charge on any atom is 0.119 e. The van der Waals surface area contributed by atoms with E-state index in [4.69, 9.17) is 10.5 Å². The molecule has 0 bridgehead atoms. The molecule has 2 aromatic carbocycles. The van der Waals surface area contributed by atoms with Crippen LogP contribution in [0.3, 0.4) is 0 Å². The SMILES string of the molecule is Nc1cccc(NCCCOc2ccccc2)c1. The second kappa shape index (κ2) is 6.55. The van der Waals surface area contributed by atoms with Crippen molar-refractivity contribution in [2.45, 2.75) is 6.42 Å². The zero-order valence-corrected chi connectivity index (χ0v) is 10.3. The molecule has 94 valence electrons. The van der Waals surface area contributed by atoms with Crippen LogP contribution in [0.2, 0.25) is 0 Å². The van der Waals surface area contributed by atoms with Crippen LogP contribution in [0.5, 0.6) is 5.75 Å². The van der Waals surface area contributed by atoms with Crippen molar-refractivity contribution in [3.8, 4) is 5.75 Å². The Labute approximate surface area is 108 Å². The Morgan fingerprint density at radius 3 is 2.61 bits per heavy atom. The fourth-order valence-electron chi connectivity index (χ4n) is 1.66. The average molecular weight is 242 g/mol. The van der Waals surface area contributed by atoms with Crippen LogP contribution in [0, 0.1) is 0 Å². The summed E-state index contributed by atoms with van der Waals surface area (Å²) in [6.07, 6.45) is 0.948. The molecule has 2 rings (SSSR count). The fourth-order valence-corrected chi connectivity index (χ4v) is 1.66. The van der Waals surface area contributed by atoms with E-state index in [0.717, 1.165) is 30.1 Å². The number of ether oxygens (including phenoxy) is 1. The average Bonchev–Trinajstić information content (AvgIpc) is 2.40. The van der Waals surface area contributed by atoms with Gasteiger partial charge in [-0.15, -0.1) is 0 Å². The van der Waals surface area contributed by atoms with Crippen molar-refractivity contribution in [1.29, 1.82) is 0 Å². The molecule has 0 saturated carbocycles. The zero-order valence-electron chi connectivity index (χ0n) is 10.3. The molecular formula is C15H18N2O. The van der Waals surface area contributed by atoms with E-state index in [1.54, 1.807) is 0 Å². The first kappa shape index (κ1) is 12.3. The third-order valence-corrected chi connectivity index (χ3v) is 2.55.